The van der Waals surface area contributed by atoms with Crippen LogP contribution in [0.4, 0.5) is 0 Å². The second kappa shape index (κ2) is 8.39. The molecule has 3 heteroatoms. The summed E-state index contributed by atoms with van der Waals surface area (Å²) in [4.78, 5) is 0. The molecule has 0 amide bonds. The molecule has 2 heterocycles. The minimum atomic E-state index is 0.908. The van der Waals surface area contributed by atoms with Crippen LogP contribution in [0.25, 0.3) is 0 Å². The summed E-state index contributed by atoms with van der Waals surface area (Å²) in [7, 11) is 0. The van der Waals surface area contributed by atoms with Crippen molar-refractivity contribution >= 4 is 11.8 Å². The molecule has 2 fully saturated rings. The van der Waals surface area contributed by atoms with Gasteiger partial charge in [0, 0.05) is 25.0 Å². The topological polar surface area (TPSA) is 21.3 Å². The van der Waals surface area contributed by atoms with Gasteiger partial charge in [-0.25, -0.2) is 0 Å². The van der Waals surface area contributed by atoms with E-state index in [1.54, 1.807) is 0 Å². The molecule has 0 radical (unpaired) electrons. The second-order valence-corrected chi connectivity index (χ2v) is 6.80. The Morgan fingerprint density at radius 3 is 2.76 bits per heavy atom. The molecule has 2 aliphatic rings. The molecule has 0 aromatic heterocycles. The summed E-state index contributed by atoms with van der Waals surface area (Å²) in [5.74, 6) is 2.34. The van der Waals surface area contributed by atoms with Crippen LogP contribution in [-0.4, -0.2) is 37.3 Å². The van der Waals surface area contributed by atoms with E-state index in [0.717, 1.165) is 24.4 Å². The predicted octanol–water partition coefficient (Wildman–Crippen LogP) is 3.07. The van der Waals surface area contributed by atoms with Crippen molar-refractivity contribution in [2.75, 3.05) is 32.1 Å². The summed E-state index contributed by atoms with van der Waals surface area (Å²) in [5, 5.41) is 4.53. The highest BCUT2D eigenvalue weighted by Gasteiger charge is 2.15. The molecular formula is C14H27NOS. The van der Waals surface area contributed by atoms with Crippen molar-refractivity contribution in [3.05, 3.63) is 0 Å². The predicted molar refractivity (Wildman–Crippen MR) is 75.7 cm³/mol. The van der Waals surface area contributed by atoms with Gasteiger partial charge in [0.15, 0.2) is 0 Å². The molecule has 0 aliphatic carbocycles. The van der Waals surface area contributed by atoms with Crippen molar-refractivity contribution in [1.29, 1.82) is 0 Å². The zero-order valence-corrected chi connectivity index (χ0v) is 11.8. The number of thioether (sulfide) groups is 1. The Kier molecular flexibility index (Phi) is 6.76. The van der Waals surface area contributed by atoms with Crippen LogP contribution < -0.4 is 5.32 Å². The maximum Gasteiger partial charge on any atom is 0.0468 e. The van der Waals surface area contributed by atoms with Crippen LogP contribution in [0.15, 0.2) is 0 Å². The van der Waals surface area contributed by atoms with Gasteiger partial charge >= 0.3 is 0 Å². The monoisotopic (exact) mass is 257 g/mol. The smallest absolute Gasteiger partial charge is 0.0468 e. The summed E-state index contributed by atoms with van der Waals surface area (Å²) >= 11 is 2.15. The van der Waals surface area contributed by atoms with E-state index in [0.29, 0.717) is 0 Å². The number of nitrogens with one attached hydrogen (secondary N) is 1. The van der Waals surface area contributed by atoms with E-state index in [1.165, 1.54) is 63.8 Å². The fraction of sp³-hybridized carbons (Fsp3) is 1.00. The lowest BCUT2D eigenvalue weighted by Crippen LogP contribution is -2.24. The molecule has 1 atom stereocenters. The number of ether oxygens (including phenoxy) is 1. The largest absolute Gasteiger partial charge is 0.381 e. The molecule has 1 N–H and O–H groups in total. The molecule has 2 saturated heterocycles. The molecule has 100 valence electrons. The average Bonchev–Trinajstić information content (AvgIpc) is 2.88. The Morgan fingerprint density at radius 2 is 2.00 bits per heavy atom. The number of hydrogen-bond acceptors (Lipinski definition) is 3. The maximum absolute atomic E-state index is 5.39. The van der Waals surface area contributed by atoms with Crippen molar-refractivity contribution in [1.82, 2.24) is 5.32 Å². The van der Waals surface area contributed by atoms with Crippen LogP contribution in [0.1, 0.15) is 44.9 Å². The minimum Gasteiger partial charge on any atom is -0.381 e. The Morgan fingerprint density at radius 1 is 1.12 bits per heavy atom. The Bertz CT molecular complexity index is 189. The molecule has 17 heavy (non-hydrogen) atoms. The number of hydrogen-bond donors (Lipinski definition) is 1. The third kappa shape index (κ3) is 5.62. The highest BCUT2D eigenvalue weighted by atomic mass is 32.2. The lowest BCUT2D eigenvalue weighted by molar-refractivity contribution is 0.0632. The summed E-state index contributed by atoms with van der Waals surface area (Å²) in [5.41, 5.74) is 0. The van der Waals surface area contributed by atoms with Crippen LogP contribution in [0.2, 0.25) is 0 Å². The van der Waals surface area contributed by atoms with Crippen molar-refractivity contribution in [2.45, 2.75) is 50.2 Å². The van der Waals surface area contributed by atoms with Crippen molar-refractivity contribution < 1.29 is 4.74 Å². The van der Waals surface area contributed by atoms with Gasteiger partial charge in [-0.1, -0.05) is 12.8 Å². The molecule has 0 spiro atoms. The van der Waals surface area contributed by atoms with Gasteiger partial charge < -0.3 is 10.1 Å². The van der Waals surface area contributed by atoms with Crippen LogP contribution in [0.5, 0.6) is 0 Å². The van der Waals surface area contributed by atoms with Gasteiger partial charge in [-0.15, -0.1) is 0 Å². The van der Waals surface area contributed by atoms with Crippen LogP contribution in [0, 0.1) is 5.92 Å². The van der Waals surface area contributed by atoms with Crippen molar-refractivity contribution in [3.8, 4) is 0 Å². The summed E-state index contributed by atoms with van der Waals surface area (Å²) in [6.07, 6.45) is 9.63. The molecule has 2 nitrogen and oxygen atoms in total. The third-order valence-electron chi connectivity index (χ3n) is 3.95. The highest BCUT2D eigenvalue weighted by Crippen LogP contribution is 2.25. The first-order valence-corrected chi connectivity index (χ1v) is 8.40. The van der Waals surface area contributed by atoms with Gasteiger partial charge in [-0.3, -0.25) is 0 Å². The van der Waals surface area contributed by atoms with E-state index in [9.17, 15) is 0 Å². The highest BCUT2D eigenvalue weighted by molar-refractivity contribution is 8.00. The summed E-state index contributed by atoms with van der Waals surface area (Å²) in [6, 6.07) is 0. The van der Waals surface area contributed by atoms with E-state index >= 15 is 0 Å². The van der Waals surface area contributed by atoms with E-state index in [2.05, 4.69) is 17.1 Å². The molecule has 0 bridgehead atoms. The molecule has 0 saturated carbocycles. The molecule has 2 aliphatic heterocycles. The fourth-order valence-corrected chi connectivity index (χ4v) is 4.02. The quantitative estimate of drug-likeness (QED) is 0.708. The first-order valence-electron chi connectivity index (χ1n) is 7.35. The molecule has 0 aromatic rings. The Balaban J connectivity index is 1.38. The summed E-state index contributed by atoms with van der Waals surface area (Å²) < 4.78 is 5.39. The normalized spacial score (nSPS) is 26.5. The lowest BCUT2D eigenvalue weighted by Gasteiger charge is -2.21. The standard InChI is InChI=1S/C14H27NOS/c1(4-13-6-9-16-10-7-13)2-8-15-12-14-5-3-11-17-14/h13-15H,1-12H2. The van der Waals surface area contributed by atoms with Gasteiger partial charge in [0.05, 0.1) is 0 Å². The Labute approximate surface area is 110 Å². The number of rotatable bonds is 7. The van der Waals surface area contributed by atoms with Gasteiger partial charge in [0.1, 0.15) is 0 Å². The molecular weight excluding hydrogens is 230 g/mol. The van der Waals surface area contributed by atoms with Gasteiger partial charge in [0.2, 0.25) is 0 Å². The number of unbranched alkanes of at least 4 members (excludes halogenated alkanes) is 1. The van der Waals surface area contributed by atoms with E-state index in [4.69, 9.17) is 4.74 Å². The zero-order valence-electron chi connectivity index (χ0n) is 11.0. The molecule has 1 unspecified atom stereocenters. The first-order chi connectivity index (χ1) is 8.45. The Hall–Kier alpha value is 0.270. The molecule has 0 aromatic carbocycles. The summed E-state index contributed by atoms with van der Waals surface area (Å²) in [6.45, 7) is 4.46. The van der Waals surface area contributed by atoms with E-state index < -0.39 is 0 Å². The minimum absolute atomic E-state index is 0.908. The van der Waals surface area contributed by atoms with Crippen LogP contribution >= 0.6 is 11.8 Å². The van der Waals surface area contributed by atoms with E-state index in [1.807, 2.05) is 0 Å². The van der Waals surface area contributed by atoms with Gasteiger partial charge in [-0.2, -0.15) is 11.8 Å². The zero-order chi connectivity index (χ0) is 11.8. The van der Waals surface area contributed by atoms with Crippen LogP contribution in [0.3, 0.4) is 0 Å². The fourth-order valence-electron chi connectivity index (χ4n) is 2.79. The third-order valence-corrected chi connectivity index (χ3v) is 5.35. The van der Waals surface area contributed by atoms with Crippen LogP contribution in [-0.2, 0) is 4.74 Å². The SMILES string of the molecule is C(CCC1CCOCC1)CNCC1CCCS1. The average molecular weight is 257 g/mol. The second-order valence-electron chi connectivity index (χ2n) is 5.39. The van der Waals surface area contributed by atoms with E-state index in [-0.39, 0.29) is 0 Å². The molecule has 2 rings (SSSR count). The lowest BCUT2D eigenvalue weighted by atomic mass is 9.94. The van der Waals surface area contributed by atoms with Crippen molar-refractivity contribution in [2.24, 2.45) is 5.92 Å². The van der Waals surface area contributed by atoms with Gasteiger partial charge in [0.25, 0.3) is 0 Å². The van der Waals surface area contributed by atoms with Gasteiger partial charge in [-0.05, 0) is 50.3 Å². The first kappa shape index (κ1) is 13.7. The van der Waals surface area contributed by atoms with Crippen molar-refractivity contribution in [3.63, 3.8) is 0 Å². The maximum atomic E-state index is 5.39.